The summed E-state index contributed by atoms with van der Waals surface area (Å²) in [6.07, 6.45) is -2.64. The van der Waals surface area contributed by atoms with E-state index in [4.69, 9.17) is 0 Å². The van der Waals surface area contributed by atoms with E-state index in [2.05, 4.69) is 0 Å². The zero-order chi connectivity index (χ0) is 13.6. The van der Waals surface area contributed by atoms with Crippen LogP contribution in [0.4, 0.5) is 13.2 Å². The second-order valence-electron chi connectivity index (χ2n) is 5.30. The molecule has 0 N–H and O–H groups in total. The smallest absolute Gasteiger partial charge is 0.300 e. The van der Waals surface area contributed by atoms with E-state index in [1.54, 1.807) is 6.92 Å². The maximum absolute atomic E-state index is 12.6. The van der Waals surface area contributed by atoms with Crippen LogP contribution in [0, 0.1) is 6.92 Å². The molecular formula is C14H15F3O. The van der Waals surface area contributed by atoms with Crippen molar-refractivity contribution in [2.75, 3.05) is 0 Å². The number of carbonyl (C=O) groups is 1. The highest BCUT2D eigenvalue weighted by Crippen LogP contribution is 2.41. The zero-order valence-electron chi connectivity index (χ0n) is 10.4. The highest BCUT2D eigenvalue weighted by molar-refractivity contribution is 5.82. The molecule has 1 atom stereocenters. The fraction of sp³-hybridized carbons (Fsp3) is 0.500. The van der Waals surface area contributed by atoms with Gasteiger partial charge in [-0.15, -0.1) is 0 Å². The topological polar surface area (TPSA) is 17.1 Å². The van der Waals surface area contributed by atoms with Gasteiger partial charge in [0.25, 0.3) is 0 Å². The first-order chi connectivity index (χ1) is 8.22. The molecule has 0 aliphatic heterocycles. The molecule has 0 saturated heterocycles. The normalized spacial score (nSPS) is 24.6. The number of Topliss-reactive ketones (excluding diaryl/α,β-unsaturated/α-hetero) is 1. The van der Waals surface area contributed by atoms with E-state index in [0.717, 1.165) is 18.1 Å². The molecule has 2 rings (SSSR count). The highest BCUT2D eigenvalue weighted by atomic mass is 19.4. The first-order valence-electron chi connectivity index (χ1n) is 5.92. The Hall–Kier alpha value is -1.32. The monoisotopic (exact) mass is 256 g/mol. The van der Waals surface area contributed by atoms with Crippen LogP contribution in [0.1, 0.15) is 42.9 Å². The molecule has 0 spiro atoms. The van der Waals surface area contributed by atoms with Crippen LogP contribution >= 0.6 is 0 Å². The number of hydrogen-bond acceptors (Lipinski definition) is 1. The molecule has 0 heterocycles. The Bertz CT molecular complexity index is 490. The maximum Gasteiger partial charge on any atom is 0.416 e. The predicted molar refractivity (Wildman–Crippen MR) is 62.4 cm³/mol. The molecule has 1 unspecified atom stereocenters. The summed E-state index contributed by atoms with van der Waals surface area (Å²) in [6.45, 7) is 3.63. The molecule has 4 heteroatoms. The third-order valence-electron chi connectivity index (χ3n) is 3.75. The Labute approximate surface area is 104 Å². The van der Waals surface area contributed by atoms with Gasteiger partial charge < -0.3 is 0 Å². The van der Waals surface area contributed by atoms with Crippen molar-refractivity contribution in [1.29, 1.82) is 0 Å². The molecule has 1 aliphatic rings. The van der Waals surface area contributed by atoms with Crippen LogP contribution in [0.2, 0.25) is 0 Å². The Balaban J connectivity index is 2.39. The van der Waals surface area contributed by atoms with Gasteiger partial charge in [0, 0.05) is 18.3 Å². The molecule has 1 aromatic carbocycles. The molecular weight excluding hydrogens is 241 g/mol. The fourth-order valence-electron chi connectivity index (χ4n) is 2.77. The van der Waals surface area contributed by atoms with E-state index in [1.165, 1.54) is 12.1 Å². The highest BCUT2D eigenvalue weighted by Gasteiger charge is 2.37. The molecule has 0 amide bonds. The van der Waals surface area contributed by atoms with Gasteiger partial charge in [-0.1, -0.05) is 13.0 Å². The molecule has 1 saturated carbocycles. The molecule has 0 aromatic heterocycles. The average Bonchev–Trinajstić information content (AvgIpc) is 2.58. The Morgan fingerprint density at radius 3 is 2.39 bits per heavy atom. The largest absolute Gasteiger partial charge is 0.416 e. The Morgan fingerprint density at radius 1 is 1.28 bits per heavy atom. The van der Waals surface area contributed by atoms with Gasteiger partial charge in [0.05, 0.1) is 5.56 Å². The summed E-state index contributed by atoms with van der Waals surface area (Å²) in [5.74, 6) is 0.191. The number of halogens is 3. The molecule has 1 aliphatic carbocycles. The van der Waals surface area contributed by atoms with Crippen molar-refractivity contribution in [1.82, 2.24) is 0 Å². The number of benzene rings is 1. The van der Waals surface area contributed by atoms with E-state index < -0.39 is 11.7 Å². The number of carbonyl (C=O) groups excluding carboxylic acids is 1. The summed E-state index contributed by atoms with van der Waals surface area (Å²) in [5.41, 5.74) is 0.547. The van der Waals surface area contributed by atoms with E-state index in [-0.39, 0.29) is 11.2 Å². The van der Waals surface area contributed by atoms with Crippen molar-refractivity contribution in [3.63, 3.8) is 0 Å². The van der Waals surface area contributed by atoms with Gasteiger partial charge in [0.2, 0.25) is 0 Å². The lowest BCUT2D eigenvalue weighted by molar-refractivity contribution is -0.137. The molecule has 1 nitrogen and oxygen atoms in total. The van der Waals surface area contributed by atoms with Crippen LogP contribution in [0.25, 0.3) is 0 Å². The minimum atomic E-state index is -4.31. The maximum atomic E-state index is 12.6. The van der Waals surface area contributed by atoms with Gasteiger partial charge in [-0.3, -0.25) is 4.79 Å². The van der Waals surface area contributed by atoms with Crippen LogP contribution in [-0.2, 0) is 16.4 Å². The minimum Gasteiger partial charge on any atom is -0.300 e. The van der Waals surface area contributed by atoms with Gasteiger partial charge in [0.15, 0.2) is 0 Å². The fourth-order valence-corrected chi connectivity index (χ4v) is 2.77. The van der Waals surface area contributed by atoms with Gasteiger partial charge in [-0.2, -0.15) is 13.2 Å². The average molecular weight is 256 g/mol. The summed E-state index contributed by atoms with van der Waals surface area (Å²) in [6, 6.07) is 3.80. The van der Waals surface area contributed by atoms with Crippen molar-refractivity contribution < 1.29 is 18.0 Å². The predicted octanol–water partition coefficient (Wildman–Crippen LogP) is 4.02. The number of hydrogen-bond donors (Lipinski definition) is 0. The molecule has 18 heavy (non-hydrogen) atoms. The first-order valence-corrected chi connectivity index (χ1v) is 5.92. The van der Waals surface area contributed by atoms with E-state index in [0.29, 0.717) is 18.4 Å². The van der Waals surface area contributed by atoms with Crippen molar-refractivity contribution in [3.8, 4) is 0 Å². The van der Waals surface area contributed by atoms with Crippen LogP contribution in [0.3, 0.4) is 0 Å². The Kier molecular flexibility index (Phi) is 2.99. The van der Waals surface area contributed by atoms with Gasteiger partial charge in [0.1, 0.15) is 5.78 Å². The number of ketones is 1. The summed E-state index contributed by atoms with van der Waals surface area (Å²) in [4.78, 5) is 11.4. The standard InChI is InChI=1S/C14H15F3O/c1-9-7-10(14(15,16)17)3-4-12(9)13(2)6-5-11(18)8-13/h3-4,7H,5-6,8H2,1-2H3. The zero-order valence-corrected chi connectivity index (χ0v) is 10.4. The summed E-state index contributed by atoms with van der Waals surface area (Å²) in [5, 5.41) is 0. The number of aryl methyl sites for hydroxylation is 1. The van der Waals surface area contributed by atoms with E-state index in [9.17, 15) is 18.0 Å². The quantitative estimate of drug-likeness (QED) is 0.741. The first kappa shape index (κ1) is 13.1. The van der Waals surface area contributed by atoms with Gasteiger partial charge >= 0.3 is 6.18 Å². The van der Waals surface area contributed by atoms with E-state index in [1.807, 2.05) is 6.92 Å². The minimum absolute atomic E-state index is 0.191. The second kappa shape index (κ2) is 4.11. The third kappa shape index (κ3) is 2.28. The Morgan fingerprint density at radius 2 is 1.94 bits per heavy atom. The lowest BCUT2D eigenvalue weighted by Crippen LogP contribution is -2.20. The molecule has 1 fully saturated rings. The molecule has 0 bridgehead atoms. The lowest BCUT2D eigenvalue weighted by Gasteiger charge is -2.26. The van der Waals surface area contributed by atoms with Crippen molar-refractivity contribution in [3.05, 3.63) is 34.9 Å². The van der Waals surface area contributed by atoms with Crippen molar-refractivity contribution >= 4 is 5.78 Å². The van der Waals surface area contributed by atoms with Crippen LogP contribution in [0.5, 0.6) is 0 Å². The lowest BCUT2D eigenvalue weighted by atomic mass is 9.78. The number of alkyl halides is 3. The van der Waals surface area contributed by atoms with Crippen molar-refractivity contribution in [2.45, 2.75) is 44.7 Å². The molecule has 0 radical (unpaired) electrons. The second-order valence-corrected chi connectivity index (χ2v) is 5.30. The summed E-state index contributed by atoms with van der Waals surface area (Å²) in [7, 11) is 0. The molecule has 1 aromatic rings. The van der Waals surface area contributed by atoms with Crippen molar-refractivity contribution in [2.24, 2.45) is 0 Å². The van der Waals surface area contributed by atoms with E-state index >= 15 is 0 Å². The summed E-state index contributed by atoms with van der Waals surface area (Å²) < 4.78 is 37.7. The number of rotatable bonds is 1. The molecule has 98 valence electrons. The summed E-state index contributed by atoms with van der Waals surface area (Å²) >= 11 is 0. The third-order valence-corrected chi connectivity index (χ3v) is 3.75. The van der Waals surface area contributed by atoms with Crippen LogP contribution in [-0.4, -0.2) is 5.78 Å². The van der Waals surface area contributed by atoms with Crippen LogP contribution < -0.4 is 0 Å². The van der Waals surface area contributed by atoms with Gasteiger partial charge in [-0.05, 0) is 36.6 Å². The SMILES string of the molecule is Cc1cc(C(F)(F)F)ccc1C1(C)CCC(=O)C1. The van der Waals surface area contributed by atoms with Crippen LogP contribution in [0.15, 0.2) is 18.2 Å². The van der Waals surface area contributed by atoms with Gasteiger partial charge in [-0.25, -0.2) is 0 Å².